The van der Waals surface area contributed by atoms with E-state index in [9.17, 15) is 14.9 Å². The first-order chi connectivity index (χ1) is 17.7. The monoisotopic (exact) mass is 533 g/mol. The Bertz CT molecular complexity index is 1290. The molecule has 2 aliphatic rings. The van der Waals surface area contributed by atoms with Crippen molar-refractivity contribution >= 4 is 40.7 Å². The number of benzene rings is 2. The minimum Gasteiger partial charge on any atom is -0.352 e. The summed E-state index contributed by atoms with van der Waals surface area (Å²) in [5.41, 5.74) is 4.60. The standard InChI is InChI=1S/C30H32ClN3O2S/c1-4-5-6-19-7-13-22(14-8-19)33-26(36)18-37-29-23(17-32)27(20-9-11-21(31)12-10-20)28-24(34-29)15-30(2,3)16-25(28)35/h7-14,27,34H,4-6,15-16,18H2,1-3H3,(H,33,36)/t27-/m1/s1. The Morgan fingerprint density at radius 3 is 2.51 bits per heavy atom. The summed E-state index contributed by atoms with van der Waals surface area (Å²) in [5, 5.41) is 17.7. The van der Waals surface area contributed by atoms with Gasteiger partial charge >= 0.3 is 0 Å². The molecule has 0 spiro atoms. The molecule has 0 bridgehead atoms. The summed E-state index contributed by atoms with van der Waals surface area (Å²) >= 11 is 7.41. The molecule has 0 saturated heterocycles. The fourth-order valence-corrected chi connectivity index (χ4v) is 5.94. The highest BCUT2D eigenvalue weighted by Crippen LogP contribution is 2.47. The van der Waals surface area contributed by atoms with Crippen LogP contribution in [0.5, 0.6) is 0 Å². The minimum atomic E-state index is -0.483. The lowest BCUT2D eigenvalue weighted by molar-refractivity contribution is -0.118. The van der Waals surface area contributed by atoms with Crippen molar-refractivity contribution in [3.05, 3.63) is 86.6 Å². The molecule has 0 radical (unpaired) electrons. The topological polar surface area (TPSA) is 82.0 Å². The minimum absolute atomic E-state index is 0.0515. The number of aryl methyl sites for hydroxylation is 1. The zero-order valence-electron chi connectivity index (χ0n) is 21.5. The van der Waals surface area contributed by atoms with Crippen molar-refractivity contribution in [2.45, 2.75) is 58.8 Å². The van der Waals surface area contributed by atoms with Gasteiger partial charge in [0.05, 0.1) is 28.3 Å². The Kier molecular flexibility index (Phi) is 8.46. The maximum atomic E-state index is 13.3. The lowest BCUT2D eigenvalue weighted by Crippen LogP contribution is -2.37. The third kappa shape index (κ3) is 6.47. The zero-order chi connectivity index (χ0) is 26.6. The molecule has 2 aromatic carbocycles. The Morgan fingerprint density at radius 1 is 1.16 bits per heavy atom. The van der Waals surface area contributed by atoms with Crippen molar-refractivity contribution in [2.24, 2.45) is 5.41 Å². The summed E-state index contributed by atoms with van der Waals surface area (Å²) in [6, 6.07) is 17.6. The molecule has 5 nitrogen and oxygen atoms in total. The molecule has 2 N–H and O–H groups in total. The average molecular weight is 534 g/mol. The van der Waals surface area contributed by atoms with Gasteiger partial charge in [-0.3, -0.25) is 9.59 Å². The van der Waals surface area contributed by atoms with E-state index in [1.807, 2.05) is 36.4 Å². The molecular formula is C30H32ClN3O2S. The fourth-order valence-electron chi connectivity index (χ4n) is 4.95. The molecule has 0 unspecified atom stereocenters. The normalized spacial score (nSPS) is 18.7. The van der Waals surface area contributed by atoms with Crippen LogP contribution in [0.3, 0.4) is 0 Å². The second-order valence-electron chi connectivity index (χ2n) is 10.4. The number of rotatable bonds is 8. The van der Waals surface area contributed by atoms with Crippen LogP contribution < -0.4 is 10.6 Å². The van der Waals surface area contributed by atoms with E-state index in [0.717, 1.165) is 36.2 Å². The molecule has 2 aromatic rings. The first kappa shape index (κ1) is 27.0. The van der Waals surface area contributed by atoms with Gasteiger partial charge in [0.15, 0.2) is 5.78 Å². The smallest absolute Gasteiger partial charge is 0.234 e. The predicted molar refractivity (Wildman–Crippen MR) is 151 cm³/mol. The Labute approximate surface area is 228 Å². The number of hydrogen-bond donors (Lipinski definition) is 2. The van der Waals surface area contributed by atoms with E-state index in [0.29, 0.717) is 34.0 Å². The molecule has 1 atom stereocenters. The summed E-state index contributed by atoms with van der Waals surface area (Å²) in [6.07, 6.45) is 4.44. The van der Waals surface area contributed by atoms with E-state index in [2.05, 4.69) is 37.5 Å². The Hall–Kier alpha value is -3.01. The second-order valence-corrected chi connectivity index (χ2v) is 11.9. The van der Waals surface area contributed by atoms with E-state index in [1.54, 1.807) is 12.1 Å². The summed E-state index contributed by atoms with van der Waals surface area (Å²) in [5.74, 6) is -0.446. The number of dihydropyridines is 1. The van der Waals surface area contributed by atoms with Crippen molar-refractivity contribution in [1.82, 2.24) is 5.32 Å². The summed E-state index contributed by atoms with van der Waals surface area (Å²) < 4.78 is 0. The first-order valence-corrected chi connectivity index (χ1v) is 14.0. The summed E-state index contributed by atoms with van der Waals surface area (Å²) in [6.45, 7) is 6.32. The lowest BCUT2D eigenvalue weighted by Gasteiger charge is -2.39. The third-order valence-corrected chi connectivity index (χ3v) is 8.00. The van der Waals surface area contributed by atoms with Crippen molar-refractivity contribution in [3.8, 4) is 6.07 Å². The van der Waals surface area contributed by atoms with Crippen LogP contribution in [0.25, 0.3) is 0 Å². The van der Waals surface area contributed by atoms with E-state index in [-0.39, 0.29) is 22.9 Å². The van der Waals surface area contributed by atoms with Gasteiger partial charge in [-0.15, -0.1) is 0 Å². The number of amides is 1. The maximum Gasteiger partial charge on any atom is 0.234 e. The fraction of sp³-hybridized carbons (Fsp3) is 0.367. The molecule has 37 heavy (non-hydrogen) atoms. The number of ketones is 1. The van der Waals surface area contributed by atoms with Crippen LogP contribution in [0.2, 0.25) is 5.02 Å². The highest BCUT2D eigenvalue weighted by molar-refractivity contribution is 8.03. The largest absolute Gasteiger partial charge is 0.352 e. The van der Waals surface area contributed by atoms with Crippen LogP contribution in [0, 0.1) is 16.7 Å². The van der Waals surface area contributed by atoms with Crippen molar-refractivity contribution in [2.75, 3.05) is 11.1 Å². The number of nitrogens with one attached hydrogen (secondary N) is 2. The molecule has 7 heteroatoms. The van der Waals surface area contributed by atoms with E-state index >= 15 is 0 Å². The number of nitriles is 1. The molecule has 1 aliphatic heterocycles. The molecule has 1 aliphatic carbocycles. The van der Waals surface area contributed by atoms with Gasteiger partial charge in [0.1, 0.15) is 0 Å². The lowest BCUT2D eigenvalue weighted by atomic mass is 9.69. The highest BCUT2D eigenvalue weighted by atomic mass is 35.5. The molecule has 4 rings (SSSR count). The van der Waals surface area contributed by atoms with Crippen LogP contribution in [0.4, 0.5) is 5.69 Å². The number of carbonyl (C=O) groups is 2. The number of Topliss-reactive ketones (excluding diaryl/α,β-unsaturated/α-hetero) is 1. The van der Waals surface area contributed by atoms with Gasteiger partial charge in [0, 0.05) is 28.4 Å². The van der Waals surface area contributed by atoms with Gasteiger partial charge in [-0.25, -0.2) is 0 Å². The van der Waals surface area contributed by atoms with Crippen LogP contribution in [0.1, 0.15) is 63.5 Å². The molecule has 0 aromatic heterocycles. The van der Waals surface area contributed by atoms with Crippen molar-refractivity contribution < 1.29 is 9.59 Å². The summed E-state index contributed by atoms with van der Waals surface area (Å²) in [4.78, 5) is 26.1. The molecule has 0 fully saturated rings. The summed E-state index contributed by atoms with van der Waals surface area (Å²) in [7, 11) is 0. The van der Waals surface area contributed by atoms with Gasteiger partial charge in [0.2, 0.25) is 5.91 Å². The van der Waals surface area contributed by atoms with Crippen molar-refractivity contribution in [3.63, 3.8) is 0 Å². The van der Waals surface area contributed by atoms with Gasteiger partial charge in [0.25, 0.3) is 0 Å². The Morgan fingerprint density at radius 2 is 1.86 bits per heavy atom. The molecule has 1 amide bonds. The third-order valence-electron chi connectivity index (χ3n) is 6.73. The number of carbonyl (C=O) groups excluding carboxylic acids is 2. The molecule has 0 saturated carbocycles. The Balaban J connectivity index is 1.55. The highest BCUT2D eigenvalue weighted by Gasteiger charge is 2.41. The van der Waals surface area contributed by atoms with E-state index in [1.165, 1.54) is 17.3 Å². The maximum absolute atomic E-state index is 13.3. The quantitative estimate of drug-likeness (QED) is 0.377. The number of anilines is 1. The number of allylic oxidation sites excluding steroid dienone is 3. The van der Waals surface area contributed by atoms with Crippen LogP contribution in [-0.2, 0) is 16.0 Å². The van der Waals surface area contributed by atoms with Gasteiger partial charge < -0.3 is 10.6 Å². The molecule has 192 valence electrons. The number of hydrogen-bond acceptors (Lipinski definition) is 5. The molecule has 1 heterocycles. The number of halogens is 1. The SMILES string of the molecule is CCCCc1ccc(NC(=O)CSC2=C(C#N)[C@@H](c3ccc(Cl)cc3)C3=C(CC(C)(C)CC3=O)N2)cc1. The zero-order valence-corrected chi connectivity index (χ0v) is 23.1. The second kappa shape index (κ2) is 11.6. The van der Waals surface area contributed by atoms with Crippen molar-refractivity contribution in [1.29, 1.82) is 5.26 Å². The van der Waals surface area contributed by atoms with Crippen LogP contribution in [0.15, 0.2) is 70.4 Å². The van der Waals surface area contributed by atoms with Gasteiger partial charge in [-0.1, -0.05) is 74.8 Å². The molecular weight excluding hydrogens is 502 g/mol. The number of nitrogens with zero attached hydrogens (tertiary/aromatic N) is 1. The van der Waals surface area contributed by atoms with Crippen LogP contribution >= 0.6 is 23.4 Å². The van der Waals surface area contributed by atoms with E-state index in [4.69, 9.17) is 11.6 Å². The van der Waals surface area contributed by atoms with Gasteiger partial charge in [-0.2, -0.15) is 5.26 Å². The van der Waals surface area contributed by atoms with Gasteiger partial charge in [-0.05, 0) is 60.1 Å². The first-order valence-electron chi connectivity index (χ1n) is 12.7. The predicted octanol–water partition coefficient (Wildman–Crippen LogP) is 7.12. The van der Waals surface area contributed by atoms with E-state index < -0.39 is 5.92 Å². The van der Waals surface area contributed by atoms with Crippen LogP contribution in [-0.4, -0.2) is 17.4 Å². The average Bonchev–Trinajstić information content (AvgIpc) is 2.86. The number of unbranched alkanes of at least 4 members (excludes halogenated alkanes) is 1. The number of thioether (sulfide) groups is 1.